The number of likely N-dealkylation sites (tertiary alicyclic amines) is 1. The number of H-pyrrole nitrogens is 1. The Labute approximate surface area is 142 Å². The Kier molecular flexibility index (Phi) is 3.79. The van der Waals surface area contributed by atoms with Gasteiger partial charge in [-0.1, -0.05) is 25.1 Å². The molecule has 126 valence electrons. The number of carbonyl (C=O) groups excluding carboxylic acids is 1. The predicted molar refractivity (Wildman–Crippen MR) is 91.4 cm³/mol. The third kappa shape index (κ3) is 2.68. The minimum Gasteiger partial charge on any atom is -0.486 e. The fraction of sp³-hybridized carbons (Fsp3) is 0.474. The van der Waals surface area contributed by atoms with Gasteiger partial charge < -0.3 is 9.64 Å². The molecule has 4 rings (SSSR count). The van der Waals surface area contributed by atoms with Crippen LogP contribution in [0.25, 0.3) is 0 Å². The SMILES string of the molecule is CCc1ccccc1OC1CN(C(=O)c2c(C3CC3)n[nH]c2C)C1. The number of amides is 1. The molecule has 2 aromatic rings. The first-order valence-corrected chi connectivity index (χ1v) is 8.76. The zero-order valence-corrected chi connectivity index (χ0v) is 14.2. The number of hydrogen-bond donors (Lipinski definition) is 1. The molecule has 5 nitrogen and oxygen atoms in total. The minimum absolute atomic E-state index is 0.0817. The lowest BCUT2D eigenvalue weighted by Crippen LogP contribution is -2.56. The minimum atomic E-state index is 0.0817. The lowest BCUT2D eigenvalue weighted by molar-refractivity contribution is 0.0173. The van der Waals surface area contributed by atoms with Gasteiger partial charge in [-0.25, -0.2) is 0 Å². The second kappa shape index (κ2) is 5.96. The molecule has 0 radical (unpaired) electrons. The van der Waals surface area contributed by atoms with E-state index >= 15 is 0 Å². The molecule has 24 heavy (non-hydrogen) atoms. The zero-order chi connectivity index (χ0) is 16.7. The van der Waals surface area contributed by atoms with Crippen LogP contribution in [0.4, 0.5) is 0 Å². The smallest absolute Gasteiger partial charge is 0.257 e. The number of carbonyl (C=O) groups is 1. The van der Waals surface area contributed by atoms with E-state index in [1.807, 2.05) is 30.0 Å². The first-order chi connectivity index (χ1) is 11.7. The van der Waals surface area contributed by atoms with Gasteiger partial charge in [0, 0.05) is 11.6 Å². The van der Waals surface area contributed by atoms with E-state index in [0.717, 1.165) is 42.0 Å². The molecule has 2 aliphatic rings. The number of rotatable bonds is 5. The first-order valence-electron chi connectivity index (χ1n) is 8.76. The van der Waals surface area contributed by atoms with Gasteiger partial charge in [-0.05, 0) is 37.8 Å². The Morgan fingerprint density at radius 3 is 2.79 bits per heavy atom. The molecule has 1 aromatic heterocycles. The molecule has 2 fully saturated rings. The van der Waals surface area contributed by atoms with Crippen molar-refractivity contribution >= 4 is 5.91 Å². The van der Waals surface area contributed by atoms with Crippen molar-refractivity contribution in [3.05, 3.63) is 46.8 Å². The van der Waals surface area contributed by atoms with Crippen LogP contribution in [-0.2, 0) is 6.42 Å². The third-order valence-electron chi connectivity index (χ3n) is 4.94. The van der Waals surface area contributed by atoms with Crippen molar-refractivity contribution in [1.29, 1.82) is 0 Å². The second-order valence-corrected chi connectivity index (χ2v) is 6.79. The Morgan fingerprint density at radius 2 is 2.08 bits per heavy atom. The van der Waals surface area contributed by atoms with Gasteiger partial charge in [0.25, 0.3) is 5.91 Å². The predicted octanol–water partition coefficient (Wildman–Crippen LogP) is 3.06. The van der Waals surface area contributed by atoms with Crippen LogP contribution in [0.5, 0.6) is 5.75 Å². The average molecular weight is 325 g/mol. The van der Waals surface area contributed by atoms with Crippen molar-refractivity contribution in [3.63, 3.8) is 0 Å². The van der Waals surface area contributed by atoms with Crippen molar-refractivity contribution < 1.29 is 9.53 Å². The van der Waals surface area contributed by atoms with Gasteiger partial charge in [0.1, 0.15) is 11.9 Å². The molecule has 1 N–H and O–H groups in total. The molecular weight excluding hydrogens is 302 g/mol. The zero-order valence-electron chi connectivity index (χ0n) is 14.2. The van der Waals surface area contributed by atoms with Crippen LogP contribution in [0, 0.1) is 6.92 Å². The molecular formula is C19H23N3O2. The van der Waals surface area contributed by atoms with Gasteiger partial charge in [-0.2, -0.15) is 5.10 Å². The molecule has 1 aromatic carbocycles. The summed E-state index contributed by atoms with van der Waals surface area (Å²) in [7, 11) is 0. The van der Waals surface area contributed by atoms with Crippen LogP contribution in [0.15, 0.2) is 24.3 Å². The quantitative estimate of drug-likeness (QED) is 0.919. The average Bonchev–Trinajstić information content (AvgIpc) is 3.32. The summed E-state index contributed by atoms with van der Waals surface area (Å²) < 4.78 is 6.07. The summed E-state index contributed by atoms with van der Waals surface area (Å²) in [6.07, 6.45) is 3.32. The van der Waals surface area contributed by atoms with E-state index in [1.54, 1.807) is 0 Å². The number of nitrogens with zero attached hydrogens (tertiary/aromatic N) is 2. The number of para-hydroxylation sites is 1. The van der Waals surface area contributed by atoms with E-state index in [0.29, 0.717) is 19.0 Å². The highest BCUT2D eigenvalue weighted by Crippen LogP contribution is 2.41. The van der Waals surface area contributed by atoms with Crippen LogP contribution in [-0.4, -0.2) is 40.2 Å². The highest BCUT2D eigenvalue weighted by Gasteiger charge is 2.38. The molecule has 1 amide bonds. The summed E-state index contributed by atoms with van der Waals surface area (Å²) in [6.45, 7) is 5.34. The maximum absolute atomic E-state index is 12.8. The van der Waals surface area contributed by atoms with Crippen molar-refractivity contribution in [2.24, 2.45) is 0 Å². The molecule has 2 heterocycles. The van der Waals surface area contributed by atoms with Crippen molar-refractivity contribution in [2.75, 3.05) is 13.1 Å². The molecule has 0 atom stereocenters. The Bertz CT molecular complexity index is 758. The number of nitrogens with one attached hydrogen (secondary N) is 1. The van der Waals surface area contributed by atoms with E-state index in [2.05, 4.69) is 23.2 Å². The first kappa shape index (κ1) is 15.2. The van der Waals surface area contributed by atoms with Gasteiger partial charge in [-0.15, -0.1) is 0 Å². The highest BCUT2D eigenvalue weighted by atomic mass is 16.5. The summed E-state index contributed by atoms with van der Waals surface area (Å²) >= 11 is 0. The molecule has 0 unspecified atom stereocenters. The van der Waals surface area contributed by atoms with Crippen molar-refractivity contribution in [1.82, 2.24) is 15.1 Å². The topological polar surface area (TPSA) is 58.2 Å². The maximum atomic E-state index is 12.8. The molecule has 1 saturated heterocycles. The van der Waals surface area contributed by atoms with E-state index in [-0.39, 0.29) is 12.0 Å². The number of aromatic amines is 1. The lowest BCUT2D eigenvalue weighted by Gasteiger charge is -2.39. The van der Waals surface area contributed by atoms with E-state index in [9.17, 15) is 4.79 Å². The van der Waals surface area contributed by atoms with Gasteiger partial charge in [0.2, 0.25) is 0 Å². The van der Waals surface area contributed by atoms with Crippen molar-refractivity contribution in [3.8, 4) is 5.75 Å². The monoisotopic (exact) mass is 325 g/mol. The summed E-state index contributed by atoms with van der Waals surface area (Å²) in [4.78, 5) is 14.7. The number of aromatic nitrogens is 2. The summed E-state index contributed by atoms with van der Waals surface area (Å²) in [5.41, 5.74) is 3.83. The summed E-state index contributed by atoms with van der Waals surface area (Å²) in [5.74, 6) is 1.50. The number of aryl methyl sites for hydroxylation is 2. The second-order valence-electron chi connectivity index (χ2n) is 6.79. The number of hydrogen-bond acceptors (Lipinski definition) is 3. The van der Waals surface area contributed by atoms with E-state index < -0.39 is 0 Å². The molecule has 0 spiro atoms. The third-order valence-corrected chi connectivity index (χ3v) is 4.94. The van der Waals surface area contributed by atoms with Crippen LogP contribution < -0.4 is 4.74 Å². The Hall–Kier alpha value is -2.30. The fourth-order valence-corrected chi connectivity index (χ4v) is 3.30. The number of benzene rings is 1. The lowest BCUT2D eigenvalue weighted by atomic mass is 10.0. The summed E-state index contributed by atoms with van der Waals surface area (Å²) in [6, 6.07) is 8.12. The van der Waals surface area contributed by atoms with Crippen LogP contribution >= 0.6 is 0 Å². The fourth-order valence-electron chi connectivity index (χ4n) is 3.30. The van der Waals surface area contributed by atoms with Crippen LogP contribution in [0.1, 0.15) is 53.0 Å². The maximum Gasteiger partial charge on any atom is 0.257 e. The Balaban J connectivity index is 1.41. The molecule has 5 heteroatoms. The summed E-state index contributed by atoms with van der Waals surface area (Å²) in [5, 5.41) is 7.33. The van der Waals surface area contributed by atoms with Crippen LogP contribution in [0.2, 0.25) is 0 Å². The van der Waals surface area contributed by atoms with Crippen LogP contribution in [0.3, 0.4) is 0 Å². The Morgan fingerprint density at radius 1 is 1.33 bits per heavy atom. The molecule has 1 saturated carbocycles. The normalized spacial score (nSPS) is 17.7. The van der Waals surface area contributed by atoms with E-state index in [4.69, 9.17) is 4.74 Å². The van der Waals surface area contributed by atoms with Gasteiger partial charge in [0.05, 0.1) is 24.3 Å². The molecule has 0 bridgehead atoms. The van der Waals surface area contributed by atoms with Gasteiger partial charge in [-0.3, -0.25) is 9.89 Å². The standard InChI is InChI=1S/C19H23N3O2/c1-3-13-6-4-5-7-16(13)24-15-10-22(11-15)19(23)17-12(2)20-21-18(17)14-8-9-14/h4-7,14-15H,3,8-11H2,1-2H3,(H,20,21). The number of ether oxygens (including phenoxy) is 1. The molecule has 1 aliphatic heterocycles. The highest BCUT2D eigenvalue weighted by molar-refractivity contribution is 5.97. The van der Waals surface area contributed by atoms with Gasteiger partial charge in [0.15, 0.2) is 0 Å². The van der Waals surface area contributed by atoms with Gasteiger partial charge >= 0.3 is 0 Å². The largest absolute Gasteiger partial charge is 0.486 e. The molecule has 1 aliphatic carbocycles. The van der Waals surface area contributed by atoms with E-state index in [1.165, 1.54) is 5.56 Å². The van der Waals surface area contributed by atoms with Crippen molar-refractivity contribution in [2.45, 2.75) is 45.1 Å².